The molecule has 1 atom stereocenters. The summed E-state index contributed by atoms with van der Waals surface area (Å²) in [6.45, 7) is 4.20. The van der Waals surface area contributed by atoms with Gasteiger partial charge in [-0.25, -0.2) is 0 Å². The number of hydrogen-bond donors (Lipinski definition) is 1. The number of rotatable bonds is 8. The van der Waals surface area contributed by atoms with Gasteiger partial charge in [0, 0.05) is 22.6 Å². The molecular formula is C20H22BrClN2O3. The Morgan fingerprint density at radius 2 is 1.93 bits per heavy atom. The molecule has 0 aliphatic carbocycles. The first kappa shape index (κ1) is 21.3. The molecule has 0 bridgehead atoms. The van der Waals surface area contributed by atoms with Gasteiger partial charge in [0.15, 0.2) is 6.61 Å². The van der Waals surface area contributed by atoms with Gasteiger partial charge < -0.3 is 15.0 Å². The van der Waals surface area contributed by atoms with Crippen molar-refractivity contribution < 1.29 is 14.3 Å². The lowest BCUT2D eigenvalue weighted by atomic mass is 10.1. The fourth-order valence-electron chi connectivity index (χ4n) is 2.50. The number of ether oxygens (including phenoxy) is 1. The van der Waals surface area contributed by atoms with E-state index in [2.05, 4.69) is 21.2 Å². The lowest BCUT2D eigenvalue weighted by molar-refractivity contribution is -0.142. The standard InChI is InChI=1S/C20H22BrClN2O3/c1-3-23-20(26)14(2)24(12-15-5-4-6-16(21)11-15)19(25)13-27-18-9-7-17(22)8-10-18/h4-11,14H,3,12-13H2,1-2H3,(H,23,26)/t14-/m1/s1. The molecule has 0 unspecified atom stereocenters. The maximum atomic E-state index is 12.8. The van der Waals surface area contributed by atoms with E-state index in [4.69, 9.17) is 16.3 Å². The van der Waals surface area contributed by atoms with Crippen LogP contribution in [-0.4, -0.2) is 35.9 Å². The predicted molar refractivity (Wildman–Crippen MR) is 110 cm³/mol. The van der Waals surface area contributed by atoms with Crippen molar-refractivity contribution in [2.24, 2.45) is 0 Å². The van der Waals surface area contributed by atoms with Crippen molar-refractivity contribution >= 4 is 39.3 Å². The molecule has 2 aromatic rings. The van der Waals surface area contributed by atoms with Gasteiger partial charge in [-0.15, -0.1) is 0 Å². The number of nitrogens with one attached hydrogen (secondary N) is 1. The molecule has 0 spiro atoms. The van der Waals surface area contributed by atoms with Crippen LogP contribution in [0.1, 0.15) is 19.4 Å². The van der Waals surface area contributed by atoms with Crippen LogP contribution in [-0.2, 0) is 16.1 Å². The van der Waals surface area contributed by atoms with Crippen molar-refractivity contribution in [1.29, 1.82) is 0 Å². The normalized spacial score (nSPS) is 11.6. The molecule has 144 valence electrons. The zero-order chi connectivity index (χ0) is 19.8. The highest BCUT2D eigenvalue weighted by Crippen LogP contribution is 2.17. The summed E-state index contributed by atoms with van der Waals surface area (Å²) in [4.78, 5) is 26.6. The number of nitrogens with zero attached hydrogens (tertiary/aromatic N) is 1. The van der Waals surface area contributed by atoms with Crippen LogP contribution in [0, 0.1) is 0 Å². The molecule has 1 N–H and O–H groups in total. The Kier molecular flexibility index (Phi) is 8.13. The molecule has 5 nitrogen and oxygen atoms in total. The predicted octanol–water partition coefficient (Wildman–Crippen LogP) is 4.03. The molecule has 27 heavy (non-hydrogen) atoms. The van der Waals surface area contributed by atoms with E-state index in [9.17, 15) is 9.59 Å². The Morgan fingerprint density at radius 3 is 2.56 bits per heavy atom. The minimum absolute atomic E-state index is 0.167. The van der Waals surface area contributed by atoms with Gasteiger partial charge in [-0.05, 0) is 55.8 Å². The average Bonchev–Trinajstić information content (AvgIpc) is 2.65. The van der Waals surface area contributed by atoms with Crippen molar-refractivity contribution in [2.45, 2.75) is 26.4 Å². The number of benzene rings is 2. The van der Waals surface area contributed by atoms with E-state index in [1.54, 1.807) is 31.2 Å². The van der Waals surface area contributed by atoms with E-state index in [1.807, 2.05) is 31.2 Å². The fraction of sp³-hybridized carbons (Fsp3) is 0.300. The topological polar surface area (TPSA) is 58.6 Å². The molecule has 0 aliphatic rings. The lowest BCUT2D eigenvalue weighted by Gasteiger charge is -2.28. The van der Waals surface area contributed by atoms with Crippen LogP contribution in [0.25, 0.3) is 0 Å². The number of halogens is 2. The van der Waals surface area contributed by atoms with Crippen LogP contribution in [0.4, 0.5) is 0 Å². The maximum Gasteiger partial charge on any atom is 0.261 e. The Morgan fingerprint density at radius 1 is 1.22 bits per heavy atom. The van der Waals surface area contributed by atoms with Gasteiger partial charge in [0.25, 0.3) is 5.91 Å². The molecular weight excluding hydrogens is 432 g/mol. The van der Waals surface area contributed by atoms with E-state index in [0.29, 0.717) is 23.9 Å². The Labute approximate surface area is 172 Å². The zero-order valence-electron chi connectivity index (χ0n) is 15.2. The molecule has 2 rings (SSSR count). The van der Waals surface area contributed by atoms with Crippen molar-refractivity contribution in [1.82, 2.24) is 10.2 Å². The third-order valence-electron chi connectivity index (χ3n) is 3.94. The number of amides is 2. The summed E-state index contributed by atoms with van der Waals surface area (Å²) in [5.41, 5.74) is 0.917. The summed E-state index contributed by atoms with van der Waals surface area (Å²) >= 11 is 9.28. The van der Waals surface area contributed by atoms with Gasteiger partial charge in [0.05, 0.1) is 0 Å². The molecule has 0 saturated carbocycles. The van der Waals surface area contributed by atoms with E-state index in [0.717, 1.165) is 10.0 Å². The number of carbonyl (C=O) groups excluding carboxylic acids is 2. The highest BCUT2D eigenvalue weighted by atomic mass is 79.9. The van der Waals surface area contributed by atoms with Crippen LogP contribution < -0.4 is 10.1 Å². The average molecular weight is 454 g/mol. The van der Waals surface area contributed by atoms with Crippen molar-refractivity contribution in [3.05, 3.63) is 63.6 Å². The van der Waals surface area contributed by atoms with E-state index >= 15 is 0 Å². The van der Waals surface area contributed by atoms with Crippen LogP contribution in [0.2, 0.25) is 5.02 Å². The summed E-state index contributed by atoms with van der Waals surface area (Å²) in [6.07, 6.45) is 0. The van der Waals surface area contributed by atoms with E-state index in [1.165, 1.54) is 4.90 Å². The SMILES string of the molecule is CCNC(=O)[C@@H](C)N(Cc1cccc(Br)c1)C(=O)COc1ccc(Cl)cc1. The van der Waals surface area contributed by atoms with E-state index < -0.39 is 6.04 Å². The molecule has 0 radical (unpaired) electrons. The lowest BCUT2D eigenvalue weighted by Crippen LogP contribution is -2.49. The highest BCUT2D eigenvalue weighted by Gasteiger charge is 2.26. The van der Waals surface area contributed by atoms with Crippen LogP contribution in [0.5, 0.6) is 5.75 Å². The quantitative estimate of drug-likeness (QED) is 0.656. The maximum absolute atomic E-state index is 12.8. The van der Waals surface area contributed by atoms with E-state index in [-0.39, 0.29) is 18.4 Å². The number of hydrogen-bond acceptors (Lipinski definition) is 3. The Bertz CT molecular complexity index is 783. The number of carbonyl (C=O) groups is 2. The molecule has 0 aliphatic heterocycles. The monoisotopic (exact) mass is 452 g/mol. The van der Waals surface area contributed by atoms with Gasteiger partial charge in [0.1, 0.15) is 11.8 Å². The molecule has 0 saturated heterocycles. The van der Waals surface area contributed by atoms with Gasteiger partial charge in [-0.2, -0.15) is 0 Å². The summed E-state index contributed by atoms with van der Waals surface area (Å²) in [5.74, 6) is 0.0665. The third kappa shape index (κ3) is 6.56. The zero-order valence-corrected chi connectivity index (χ0v) is 17.6. The summed E-state index contributed by atoms with van der Waals surface area (Å²) in [7, 11) is 0. The summed E-state index contributed by atoms with van der Waals surface area (Å²) < 4.78 is 6.48. The molecule has 0 heterocycles. The second-order valence-corrected chi connectivity index (χ2v) is 7.32. The third-order valence-corrected chi connectivity index (χ3v) is 4.68. The van der Waals surface area contributed by atoms with Gasteiger partial charge in [-0.1, -0.05) is 39.7 Å². The molecule has 2 aromatic carbocycles. The minimum Gasteiger partial charge on any atom is -0.484 e. The molecule has 7 heteroatoms. The molecule has 2 amide bonds. The van der Waals surface area contributed by atoms with Crippen LogP contribution in [0.15, 0.2) is 53.0 Å². The highest BCUT2D eigenvalue weighted by molar-refractivity contribution is 9.10. The van der Waals surface area contributed by atoms with Crippen LogP contribution >= 0.6 is 27.5 Å². The molecule has 0 aromatic heterocycles. The van der Waals surface area contributed by atoms with Crippen LogP contribution in [0.3, 0.4) is 0 Å². The second-order valence-electron chi connectivity index (χ2n) is 5.96. The smallest absolute Gasteiger partial charge is 0.261 e. The minimum atomic E-state index is -0.620. The Hall–Kier alpha value is -2.05. The first-order valence-electron chi connectivity index (χ1n) is 8.60. The van der Waals surface area contributed by atoms with Crippen molar-refractivity contribution in [3.63, 3.8) is 0 Å². The van der Waals surface area contributed by atoms with Gasteiger partial charge >= 0.3 is 0 Å². The number of likely N-dealkylation sites (N-methyl/N-ethyl adjacent to an activating group) is 1. The summed E-state index contributed by atoms with van der Waals surface area (Å²) in [6, 6.07) is 13.8. The van der Waals surface area contributed by atoms with Crippen molar-refractivity contribution in [3.8, 4) is 5.75 Å². The Balaban J connectivity index is 2.12. The molecule has 0 fully saturated rings. The second kappa shape index (κ2) is 10.3. The fourth-order valence-corrected chi connectivity index (χ4v) is 3.07. The van der Waals surface area contributed by atoms with Gasteiger partial charge in [-0.3, -0.25) is 9.59 Å². The first-order chi connectivity index (χ1) is 12.9. The first-order valence-corrected chi connectivity index (χ1v) is 9.77. The summed E-state index contributed by atoms with van der Waals surface area (Å²) in [5, 5.41) is 3.35. The largest absolute Gasteiger partial charge is 0.484 e. The van der Waals surface area contributed by atoms with Gasteiger partial charge in [0.2, 0.25) is 5.91 Å². The van der Waals surface area contributed by atoms with Crippen molar-refractivity contribution in [2.75, 3.05) is 13.2 Å².